The average Bonchev–Trinajstić information content (AvgIpc) is 3.40. The number of fused-ring (bicyclic) bond motifs is 1. The van der Waals surface area contributed by atoms with E-state index in [-0.39, 0.29) is 17.9 Å². The van der Waals surface area contributed by atoms with E-state index in [0.717, 1.165) is 18.7 Å². The maximum atomic E-state index is 12.3. The molecule has 2 fully saturated rings. The van der Waals surface area contributed by atoms with Crippen LogP contribution < -0.4 is 10.2 Å². The van der Waals surface area contributed by atoms with Gasteiger partial charge < -0.3 is 14.5 Å². The van der Waals surface area contributed by atoms with Crippen LogP contribution in [0.2, 0.25) is 0 Å². The number of nitrogens with one attached hydrogen (secondary N) is 1. The smallest absolute Gasteiger partial charge is 0.410 e. The zero-order chi connectivity index (χ0) is 19.9. The summed E-state index contributed by atoms with van der Waals surface area (Å²) < 4.78 is 7.20. The molecule has 2 aromatic rings. The van der Waals surface area contributed by atoms with Crippen LogP contribution in [0.25, 0.3) is 5.65 Å². The second kappa shape index (κ2) is 6.96. The van der Waals surface area contributed by atoms with Crippen molar-refractivity contribution in [1.29, 1.82) is 0 Å². The van der Waals surface area contributed by atoms with Crippen LogP contribution in [-0.4, -0.2) is 63.3 Å². The van der Waals surface area contributed by atoms with Crippen molar-refractivity contribution in [3.8, 4) is 0 Å². The zero-order valence-electron chi connectivity index (χ0n) is 16.5. The first kappa shape index (κ1) is 18.5. The van der Waals surface area contributed by atoms with Crippen molar-refractivity contribution in [3.05, 3.63) is 18.2 Å². The Kier molecular flexibility index (Phi) is 4.60. The number of amides is 2. The number of carbonyl (C=O) groups excluding carboxylic acids is 2. The number of piperazine rings is 1. The second-order valence-corrected chi connectivity index (χ2v) is 8.31. The van der Waals surface area contributed by atoms with Crippen LogP contribution in [0.15, 0.2) is 18.2 Å². The van der Waals surface area contributed by atoms with Gasteiger partial charge in [0.25, 0.3) is 0 Å². The lowest BCUT2D eigenvalue weighted by Gasteiger charge is -2.36. The minimum Gasteiger partial charge on any atom is -0.444 e. The molecule has 3 heterocycles. The van der Waals surface area contributed by atoms with Crippen LogP contribution in [0.3, 0.4) is 0 Å². The lowest BCUT2D eigenvalue weighted by Crippen LogP contribution is -2.50. The molecular weight excluding hydrogens is 360 g/mol. The molecule has 0 bridgehead atoms. The number of nitrogens with zero attached hydrogens (tertiary/aromatic N) is 5. The first-order valence-electron chi connectivity index (χ1n) is 9.70. The van der Waals surface area contributed by atoms with E-state index in [1.807, 2.05) is 39.0 Å². The summed E-state index contributed by atoms with van der Waals surface area (Å²) in [5, 5.41) is 7.26. The number of hydrogen-bond donors (Lipinski definition) is 1. The van der Waals surface area contributed by atoms with Gasteiger partial charge in [-0.05, 0) is 45.7 Å². The Morgan fingerprint density at radius 3 is 2.50 bits per heavy atom. The molecule has 28 heavy (non-hydrogen) atoms. The monoisotopic (exact) mass is 386 g/mol. The van der Waals surface area contributed by atoms with Gasteiger partial charge in [-0.2, -0.15) is 9.50 Å². The van der Waals surface area contributed by atoms with Crippen molar-refractivity contribution < 1.29 is 14.3 Å². The first-order chi connectivity index (χ1) is 13.3. The van der Waals surface area contributed by atoms with E-state index in [1.165, 1.54) is 0 Å². The maximum Gasteiger partial charge on any atom is 0.410 e. The van der Waals surface area contributed by atoms with E-state index in [9.17, 15) is 9.59 Å². The Morgan fingerprint density at radius 1 is 1.14 bits per heavy atom. The topological polar surface area (TPSA) is 92.1 Å². The summed E-state index contributed by atoms with van der Waals surface area (Å²) >= 11 is 0. The fourth-order valence-electron chi connectivity index (χ4n) is 3.19. The van der Waals surface area contributed by atoms with Crippen LogP contribution in [0.1, 0.15) is 33.6 Å². The molecule has 4 rings (SSSR count). The predicted molar refractivity (Wildman–Crippen MR) is 104 cm³/mol. The van der Waals surface area contributed by atoms with Crippen molar-refractivity contribution in [1.82, 2.24) is 19.5 Å². The minimum atomic E-state index is -0.498. The van der Waals surface area contributed by atoms with Crippen molar-refractivity contribution >= 4 is 29.4 Å². The number of ether oxygens (including phenoxy) is 1. The molecule has 1 saturated heterocycles. The summed E-state index contributed by atoms with van der Waals surface area (Å²) in [5.41, 5.74) is 0.181. The van der Waals surface area contributed by atoms with Crippen LogP contribution in [0, 0.1) is 5.92 Å². The van der Waals surface area contributed by atoms with E-state index < -0.39 is 5.60 Å². The molecule has 9 heteroatoms. The van der Waals surface area contributed by atoms with Gasteiger partial charge in [0.15, 0.2) is 5.65 Å². The van der Waals surface area contributed by atoms with E-state index >= 15 is 0 Å². The SMILES string of the molecule is CC(C)(C)OC(=O)N1CCN(c2cccc3nc(NC(=O)C4CC4)nn23)CC1. The fourth-order valence-corrected chi connectivity index (χ4v) is 3.19. The lowest BCUT2D eigenvalue weighted by molar-refractivity contribution is -0.117. The Labute approximate surface area is 163 Å². The Hall–Kier alpha value is -2.84. The molecule has 1 aliphatic heterocycles. The van der Waals surface area contributed by atoms with Crippen molar-refractivity contribution in [2.45, 2.75) is 39.2 Å². The Bertz CT molecular complexity index is 891. The van der Waals surface area contributed by atoms with E-state index in [4.69, 9.17) is 4.74 Å². The highest BCUT2D eigenvalue weighted by molar-refractivity contribution is 5.92. The van der Waals surface area contributed by atoms with Gasteiger partial charge in [-0.1, -0.05) is 6.07 Å². The summed E-state index contributed by atoms with van der Waals surface area (Å²) in [7, 11) is 0. The molecule has 2 aliphatic rings. The minimum absolute atomic E-state index is 0.0107. The van der Waals surface area contributed by atoms with Crippen LogP contribution in [0.4, 0.5) is 16.6 Å². The van der Waals surface area contributed by atoms with Crippen molar-refractivity contribution in [2.24, 2.45) is 5.92 Å². The molecule has 0 aromatic carbocycles. The highest BCUT2D eigenvalue weighted by Gasteiger charge is 2.31. The average molecular weight is 386 g/mol. The molecule has 0 unspecified atom stereocenters. The van der Waals surface area contributed by atoms with Crippen LogP contribution in [-0.2, 0) is 9.53 Å². The quantitative estimate of drug-likeness (QED) is 0.869. The van der Waals surface area contributed by atoms with E-state index in [0.29, 0.717) is 37.8 Å². The molecule has 0 radical (unpaired) electrons. The zero-order valence-corrected chi connectivity index (χ0v) is 16.5. The number of pyridine rings is 1. The predicted octanol–water partition coefficient (Wildman–Crippen LogP) is 2.13. The molecule has 0 atom stereocenters. The van der Waals surface area contributed by atoms with Crippen LogP contribution >= 0.6 is 0 Å². The normalized spacial score (nSPS) is 17.7. The number of rotatable bonds is 3. The molecule has 1 N–H and O–H groups in total. The van der Waals surface area contributed by atoms with Gasteiger partial charge in [-0.3, -0.25) is 10.1 Å². The molecule has 150 valence electrons. The molecule has 1 saturated carbocycles. The highest BCUT2D eigenvalue weighted by atomic mass is 16.6. The fraction of sp³-hybridized carbons (Fsp3) is 0.579. The number of carbonyl (C=O) groups is 2. The maximum absolute atomic E-state index is 12.3. The second-order valence-electron chi connectivity index (χ2n) is 8.31. The highest BCUT2D eigenvalue weighted by Crippen LogP contribution is 2.30. The van der Waals surface area contributed by atoms with E-state index in [1.54, 1.807) is 9.42 Å². The van der Waals surface area contributed by atoms with Crippen molar-refractivity contribution in [2.75, 3.05) is 36.4 Å². The van der Waals surface area contributed by atoms with Gasteiger partial charge in [0.2, 0.25) is 11.9 Å². The molecule has 0 spiro atoms. The lowest BCUT2D eigenvalue weighted by atomic mass is 10.2. The summed E-state index contributed by atoms with van der Waals surface area (Å²) in [5.74, 6) is 1.31. The number of anilines is 2. The number of hydrogen-bond acceptors (Lipinski definition) is 6. The molecule has 2 aromatic heterocycles. The van der Waals surface area contributed by atoms with Gasteiger partial charge in [0, 0.05) is 32.1 Å². The molecule has 9 nitrogen and oxygen atoms in total. The largest absolute Gasteiger partial charge is 0.444 e. The Morgan fingerprint density at radius 2 is 1.86 bits per heavy atom. The van der Waals surface area contributed by atoms with Gasteiger partial charge in [0.05, 0.1) is 0 Å². The molecule has 2 amide bonds. The summed E-state index contributed by atoms with van der Waals surface area (Å²) in [6.07, 6.45) is 1.59. The van der Waals surface area contributed by atoms with Gasteiger partial charge in [-0.25, -0.2) is 4.79 Å². The molecule has 1 aliphatic carbocycles. The summed E-state index contributed by atoms with van der Waals surface area (Å²) in [6, 6.07) is 5.75. The van der Waals surface area contributed by atoms with Crippen LogP contribution in [0.5, 0.6) is 0 Å². The Balaban J connectivity index is 1.45. The van der Waals surface area contributed by atoms with Crippen molar-refractivity contribution in [3.63, 3.8) is 0 Å². The standard InChI is InChI=1S/C19H26N6O3/c1-19(2,3)28-18(27)24-11-9-23(10-12-24)15-6-4-5-14-20-17(22-25(14)15)21-16(26)13-7-8-13/h4-6,13H,7-12H2,1-3H3,(H,21,22,26). The summed E-state index contributed by atoms with van der Waals surface area (Å²) in [4.78, 5) is 32.5. The molecular formula is C19H26N6O3. The first-order valence-corrected chi connectivity index (χ1v) is 9.70. The summed E-state index contributed by atoms with van der Waals surface area (Å²) in [6.45, 7) is 8.09. The third-order valence-corrected chi connectivity index (χ3v) is 4.78. The van der Waals surface area contributed by atoms with Gasteiger partial charge in [-0.15, -0.1) is 5.10 Å². The number of aromatic nitrogens is 3. The van der Waals surface area contributed by atoms with Gasteiger partial charge >= 0.3 is 6.09 Å². The van der Waals surface area contributed by atoms with E-state index in [2.05, 4.69) is 20.3 Å². The third kappa shape index (κ3) is 4.02. The van der Waals surface area contributed by atoms with Gasteiger partial charge in [0.1, 0.15) is 11.4 Å². The third-order valence-electron chi connectivity index (χ3n) is 4.78.